The maximum atomic E-state index is 11.1. The Morgan fingerprint density at radius 2 is 1.95 bits per heavy atom. The smallest absolute Gasteiger partial charge is 0.354 e. The third-order valence-electron chi connectivity index (χ3n) is 2.62. The standard InChI is InChI=1S/C14H14ClN3O3/c1-18(2)13-7-11(14(19)20)16-12(17-13)8-21-10-5-3-9(15)4-6-10/h3-7H,8H2,1-2H3,(H,19,20). The molecule has 2 rings (SSSR count). The Morgan fingerprint density at radius 1 is 1.29 bits per heavy atom. The molecule has 0 radical (unpaired) electrons. The number of halogens is 1. The van der Waals surface area contributed by atoms with Crippen LogP contribution in [0.2, 0.25) is 5.02 Å². The summed E-state index contributed by atoms with van der Waals surface area (Å²) in [5.41, 5.74) is -0.0663. The summed E-state index contributed by atoms with van der Waals surface area (Å²) >= 11 is 5.79. The second kappa shape index (κ2) is 6.41. The first-order chi connectivity index (χ1) is 9.95. The fourth-order valence-corrected chi connectivity index (χ4v) is 1.69. The fourth-order valence-electron chi connectivity index (χ4n) is 1.57. The number of aromatic carboxylic acids is 1. The number of aromatic nitrogens is 2. The predicted molar refractivity (Wildman–Crippen MR) is 79.1 cm³/mol. The van der Waals surface area contributed by atoms with E-state index in [0.29, 0.717) is 22.4 Å². The molecule has 0 amide bonds. The van der Waals surface area contributed by atoms with Crippen molar-refractivity contribution in [3.63, 3.8) is 0 Å². The van der Waals surface area contributed by atoms with Crippen molar-refractivity contribution >= 4 is 23.4 Å². The Morgan fingerprint density at radius 3 is 2.52 bits per heavy atom. The van der Waals surface area contributed by atoms with Crippen molar-refractivity contribution in [2.45, 2.75) is 6.61 Å². The highest BCUT2D eigenvalue weighted by Gasteiger charge is 2.12. The number of nitrogens with zero attached hydrogens (tertiary/aromatic N) is 3. The predicted octanol–water partition coefficient (Wildman–Crippen LogP) is 2.47. The molecule has 21 heavy (non-hydrogen) atoms. The molecule has 6 nitrogen and oxygen atoms in total. The summed E-state index contributed by atoms with van der Waals surface area (Å²) in [6.45, 7) is 0.0730. The minimum atomic E-state index is -1.10. The van der Waals surface area contributed by atoms with Crippen molar-refractivity contribution < 1.29 is 14.6 Å². The number of carboxylic acids is 1. The second-order valence-electron chi connectivity index (χ2n) is 4.47. The molecule has 1 aromatic carbocycles. The number of anilines is 1. The summed E-state index contributed by atoms with van der Waals surface area (Å²) in [6, 6.07) is 8.26. The average molecular weight is 308 g/mol. The lowest BCUT2D eigenvalue weighted by atomic mass is 10.3. The Bertz CT molecular complexity index is 644. The SMILES string of the molecule is CN(C)c1cc(C(=O)O)nc(COc2ccc(Cl)cc2)n1. The van der Waals surface area contributed by atoms with Crippen LogP contribution < -0.4 is 9.64 Å². The van der Waals surface area contributed by atoms with Gasteiger partial charge in [0.15, 0.2) is 11.5 Å². The molecule has 0 aliphatic heterocycles. The maximum absolute atomic E-state index is 11.1. The van der Waals surface area contributed by atoms with Gasteiger partial charge in [0.05, 0.1) is 0 Å². The molecular formula is C14H14ClN3O3. The number of hydrogen-bond donors (Lipinski definition) is 1. The Balaban J connectivity index is 2.18. The quantitative estimate of drug-likeness (QED) is 0.914. The summed E-state index contributed by atoms with van der Waals surface area (Å²) in [5.74, 6) is 0.314. The van der Waals surface area contributed by atoms with Crippen molar-refractivity contribution in [2.75, 3.05) is 19.0 Å². The molecule has 0 aliphatic rings. The average Bonchev–Trinajstić information content (AvgIpc) is 2.46. The van der Waals surface area contributed by atoms with Crippen LogP contribution in [0.5, 0.6) is 5.75 Å². The Hall–Kier alpha value is -2.34. The monoisotopic (exact) mass is 307 g/mol. The minimum Gasteiger partial charge on any atom is -0.486 e. The number of carbonyl (C=O) groups is 1. The number of rotatable bonds is 5. The van der Waals surface area contributed by atoms with Gasteiger partial charge in [0, 0.05) is 25.2 Å². The van der Waals surface area contributed by atoms with Crippen molar-refractivity contribution in [2.24, 2.45) is 0 Å². The van der Waals surface area contributed by atoms with Gasteiger partial charge in [0.2, 0.25) is 0 Å². The summed E-state index contributed by atoms with van der Waals surface area (Å²) < 4.78 is 5.52. The zero-order valence-electron chi connectivity index (χ0n) is 11.6. The third kappa shape index (κ3) is 4.06. The van der Waals surface area contributed by atoms with E-state index in [9.17, 15) is 4.79 Å². The van der Waals surface area contributed by atoms with Crippen LogP contribution in [0.1, 0.15) is 16.3 Å². The number of ether oxygens (including phenoxy) is 1. The van der Waals surface area contributed by atoms with Gasteiger partial charge in [0.1, 0.15) is 18.2 Å². The molecule has 0 saturated heterocycles. The summed E-state index contributed by atoms with van der Waals surface area (Å²) in [4.78, 5) is 21.0. The molecule has 7 heteroatoms. The molecule has 110 valence electrons. The van der Waals surface area contributed by atoms with Gasteiger partial charge in [0.25, 0.3) is 0 Å². The molecule has 1 heterocycles. The van der Waals surface area contributed by atoms with Crippen LogP contribution in [0.4, 0.5) is 5.82 Å². The molecule has 0 aliphatic carbocycles. The lowest BCUT2D eigenvalue weighted by Gasteiger charge is -2.13. The van der Waals surface area contributed by atoms with E-state index < -0.39 is 5.97 Å². The lowest BCUT2D eigenvalue weighted by Crippen LogP contribution is -2.16. The van der Waals surface area contributed by atoms with E-state index in [4.69, 9.17) is 21.4 Å². The topological polar surface area (TPSA) is 75.6 Å². The van der Waals surface area contributed by atoms with E-state index in [-0.39, 0.29) is 12.3 Å². The second-order valence-corrected chi connectivity index (χ2v) is 4.91. The van der Waals surface area contributed by atoms with Gasteiger partial charge >= 0.3 is 5.97 Å². The van der Waals surface area contributed by atoms with Gasteiger partial charge in [-0.05, 0) is 24.3 Å². The van der Waals surface area contributed by atoms with Gasteiger partial charge in [-0.2, -0.15) is 0 Å². The van der Waals surface area contributed by atoms with Crippen LogP contribution in [0.25, 0.3) is 0 Å². The normalized spacial score (nSPS) is 10.2. The third-order valence-corrected chi connectivity index (χ3v) is 2.87. The number of hydrogen-bond acceptors (Lipinski definition) is 5. The Kier molecular flexibility index (Phi) is 4.59. The highest BCUT2D eigenvalue weighted by molar-refractivity contribution is 6.30. The zero-order chi connectivity index (χ0) is 15.4. The molecule has 0 spiro atoms. The van der Waals surface area contributed by atoms with Crippen molar-refractivity contribution in [3.05, 3.63) is 46.9 Å². The first-order valence-electron chi connectivity index (χ1n) is 6.12. The summed E-state index contributed by atoms with van der Waals surface area (Å²) in [6.07, 6.45) is 0. The molecule has 0 fully saturated rings. The fraction of sp³-hybridized carbons (Fsp3) is 0.214. The van der Waals surface area contributed by atoms with E-state index in [1.807, 2.05) is 0 Å². The highest BCUT2D eigenvalue weighted by atomic mass is 35.5. The molecule has 1 aromatic heterocycles. The largest absolute Gasteiger partial charge is 0.486 e. The number of benzene rings is 1. The van der Waals surface area contributed by atoms with Crippen LogP contribution in [-0.4, -0.2) is 35.1 Å². The van der Waals surface area contributed by atoms with Crippen LogP contribution in [0, 0.1) is 0 Å². The molecule has 1 N–H and O–H groups in total. The molecule has 0 bridgehead atoms. The van der Waals surface area contributed by atoms with Crippen molar-refractivity contribution in [1.29, 1.82) is 0 Å². The van der Waals surface area contributed by atoms with Gasteiger partial charge in [-0.15, -0.1) is 0 Å². The van der Waals surface area contributed by atoms with Crippen LogP contribution in [-0.2, 0) is 6.61 Å². The van der Waals surface area contributed by atoms with E-state index >= 15 is 0 Å². The van der Waals surface area contributed by atoms with Crippen molar-refractivity contribution in [1.82, 2.24) is 9.97 Å². The first kappa shape index (κ1) is 15.1. The van der Waals surface area contributed by atoms with E-state index in [2.05, 4.69) is 9.97 Å². The maximum Gasteiger partial charge on any atom is 0.354 e. The van der Waals surface area contributed by atoms with Crippen molar-refractivity contribution in [3.8, 4) is 5.75 Å². The zero-order valence-corrected chi connectivity index (χ0v) is 12.3. The Labute approximate surface area is 127 Å². The summed E-state index contributed by atoms with van der Waals surface area (Å²) in [7, 11) is 3.55. The van der Waals surface area contributed by atoms with Gasteiger partial charge in [-0.3, -0.25) is 0 Å². The van der Waals surface area contributed by atoms with Crippen LogP contribution in [0.15, 0.2) is 30.3 Å². The number of carboxylic acid groups (broad SMARTS) is 1. The van der Waals surface area contributed by atoms with Crippen LogP contribution in [0.3, 0.4) is 0 Å². The summed E-state index contributed by atoms with van der Waals surface area (Å²) in [5, 5.41) is 9.68. The van der Waals surface area contributed by atoms with E-state index in [0.717, 1.165) is 0 Å². The molecule has 0 unspecified atom stereocenters. The molecule has 0 atom stereocenters. The molecule has 0 saturated carbocycles. The van der Waals surface area contributed by atoms with Gasteiger partial charge in [-0.25, -0.2) is 14.8 Å². The van der Waals surface area contributed by atoms with Gasteiger partial charge in [-0.1, -0.05) is 11.6 Å². The molecular weight excluding hydrogens is 294 g/mol. The highest BCUT2D eigenvalue weighted by Crippen LogP contribution is 2.17. The lowest BCUT2D eigenvalue weighted by molar-refractivity contribution is 0.0689. The van der Waals surface area contributed by atoms with Crippen LogP contribution >= 0.6 is 11.6 Å². The van der Waals surface area contributed by atoms with E-state index in [1.54, 1.807) is 43.3 Å². The minimum absolute atomic E-state index is 0.0663. The first-order valence-corrected chi connectivity index (χ1v) is 6.50. The van der Waals surface area contributed by atoms with Gasteiger partial charge < -0.3 is 14.7 Å². The van der Waals surface area contributed by atoms with E-state index in [1.165, 1.54) is 6.07 Å². The molecule has 2 aromatic rings.